The van der Waals surface area contributed by atoms with Gasteiger partial charge in [0.05, 0.1) is 0 Å². The molecule has 0 rings (SSSR count). The summed E-state index contributed by atoms with van der Waals surface area (Å²) in [4.78, 5) is 0. The molecule has 0 atom stereocenters. The Morgan fingerprint density at radius 1 is 1.14 bits per heavy atom. The van der Waals surface area contributed by atoms with Crippen LogP contribution in [0.1, 0.15) is 0 Å². The maximum atomic E-state index is 4.87. The van der Waals surface area contributed by atoms with Gasteiger partial charge in [-0.1, -0.05) is 23.2 Å². The van der Waals surface area contributed by atoms with Crippen LogP contribution in [-0.2, 0) is 0 Å². The smallest absolute Gasteiger partial charge is 0.0297 e. The molecule has 4 heteroatoms. The second kappa shape index (κ2) is 16.0. The topological polar surface area (TPSA) is 0 Å². The molecule has 0 bridgehead atoms. The molecule has 0 aliphatic heterocycles. The third-order valence-corrected chi connectivity index (χ3v) is 0.429. The number of hydrogen-bond acceptors (Lipinski definition) is 2. The number of hydrogen-bond donors (Lipinski definition) is 0. The zero-order valence-electron chi connectivity index (χ0n) is 3.23. The Morgan fingerprint density at radius 2 is 1.29 bits per heavy atom. The second-order valence-electron chi connectivity index (χ2n) is 0.335. The third kappa shape index (κ3) is 56.8. The zero-order valence-corrected chi connectivity index (χ0v) is 6.37. The van der Waals surface area contributed by atoms with Crippen LogP contribution < -0.4 is 0 Å². The first-order valence-electron chi connectivity index (χ1n) is 1.18. The quantitative estimate of drug-likeness (QED) is 0.516. The molecule has 0 heterocycles. The Bertz CT molecular complexity index is 69.0. The maximum absolute atomic E-state index is 4.87. The maximum Gasteiger partial charge on any atom is 0.0297 e. The lowest BCUT2D eigenvalue weighted by molar-refractivity contribution is 2.51. The third-order valence-electron chi connectivity index (χ3n) is 0.0476. The highest BCUT2D eigenvalue weighted by Gasteiger charge is 1.40. The first kappa shape index (κ1) is 10.5. The van der Waals surface area contributed by atoms with Crippen LogP contribution in [-0.4, -0.2) is 4.31 Å². The summed E-state index contributed by atoms with van der Waals surface area (Å²) < 4.78 is 1.92. The molecule has 7 heavy (non-hydrogen) atoms. The van der Waals surface area contributed by atoms with Gasteiger partial charge < -0.3 is 0 Å². The summed E-state index contributed by atoms with van der Waals surface area (Å²) >= 11 is 17.7. The van der Waals surface area contributed by atoms with Crippen LogP contribution in [0.2, 0.25) is 0 Å². The van der Waals surface area contributed by atoms with Gasteiger partial charge >= 0.3 is 0 Å². The molecule has 0 N–H and O–H groups in total. The lowest BCUT2D eigenvalue weighted by Gasteiger charge is -1.44. The van der Waals surface area contributed by atoms with Crippen molar-refractivity contribution in [1.82, 2.24) is 0 Å². The van der Waals surface area contributed by atoms with E-state index in [0.717, 1.165) is 0 Å². The molecular formula is C3H2Cl2S2. The summed E-state index contributed by atoms with van der Waals surface area (Å²) in [6.07, 6.45) is 0. The monoisotopic (exact) mass is 172 g/mol. The van der Waals surface area contributed by atoms with E-state index in [0.29, 0.717) is 0 Å². The molecule has 0 aromatic heterocycles. The van der Waals surface area contributed by atoms with Gasteiger partial charge in [0.15, 0.2) is 0 Å². The van der Waals surface area contributed by atoms with Crippen molar-refractivity contribution < 1.29 is 0 Å². The van der Waals surface area contributed by atoms with Gasteiger partial charge in [-0.15, -0.1) is 0 Å². The van der Waals surface area contributed by atoms with Crippen molar-refractivity contribution in [1.29, 1.82) is 0 Å². The van der Waals surface area contributed by atoms with E-state index in [9.17, 15) is 0 Å². The first-order chi connectivity index (χ1) is 3.33. The van der Waals surface area contributed by atoms with E-state index in [4.69, 9.17) is 23.2 Å². The van der Waals surface area contributed by atoms with Crippen molar-refractivity contribution in [3.05, 3.63) is 11.1 Å². The predicted octanol–water partition coefficient (Wildman–Crippen LogP) is 2.95. The largest absolute Gasteiger partial charge is 0.0920 e. The lowest BCUT2D eigenvalue weighted by Crippen LogP contribution is -1.11. The van der Waals surface area contributed by atoms with E-state index in [1.807, 2.05) is 4.31 Å². The van der Waals surface area contributed by atoms with Crippen LogP contribution >= 0.6 is 47.6 Å². The van der Waals surface area contributed by atoms with Crippen LogP contribution in [0.3, 0.4) is 0 Å². The number of rotatable bonds is 0. The Kier molecular flexibility index (Phi) is 24.0. The van der Waals surface area contributed by atoms with Crippen molar-refractivity contribution >= 4 is 52.0 Å². The van der Waals surface area contributed by atoms with Gasteiger partial charge in [-0.2, -0.15) is 0 Å². The van der Waals surface area contributed by atoms with E-state index in [1.165, 1.54) is 11.1 Å². The molecule has 0 aliphatic rings. The Hall–Kier alpha value is 0.540. The highest BCUT2D eigenvalue weighted by Crippen LogP contribution is 1.78. The van der Waals surface area contributed by atoms with E-state index in [1.54, 1.807) is 0 Å². The normalized spacial score (nSPS) is 6.57. The summed E-state index contributed by atoms with van der Waals surface area (Å²) in [5.74, 6) is 0. The molecule has 0 spiro atoms. The average molecular weight is 173 g/mol. The van der Waals surface area contributed by atoms with Gasteiger partial charge in [-0.25, -0.2) is 0 Å². The molecule has 0 saturated carbocycles. The van der Waals surface area contributed by atoms with Crippen molar-refractivity contribution in [2.75, 3.05) is 0 Å². The highest BCUT2D eigenvalue weighted by molar-refractivity contribution is 7.93. The summed E-state index contributed by atoms with van der Waals surface area (Å²) in [7, 11) is 0. The fourth-order valence-electron chi connectivity index (χ4n) is 0. The van der Waals surface area contributed by atoms with Gasteiger partial charge in [-0.3, -0.25) is 0 Å². The highest BCUT2D eigenvalue weighted by atomic mass is 35.5. The Morgan fingerprint density at radius 3 is 1.29 bits per heavy atom. The first-order valence-corrected chi connectivity index (χ1v) is 2.87. The van der Waals surface area contributed by atoms with Gasteiger partial charge in [-0.05, 0) is 24.4 Å². The molecule has 0 fully saturated rings. The fraction of sp³-hybridized carbons (Fsp3) is 0. The van der Waals surface area contributed by atoms with E-state index >= 15 is 0 Å². The van der Waals surface area contributed by atoms with Crippen LogP contribution in [0.15, 0.2) is 11.1 Å². The molecular weight excluding hydrogens is 171 g/mol. The summed E-state index contributed by atoms with van der Waals surface area (Å²) in [6, 6.07) is 0. The predicted molar refractivity (Wildman–Crippen MR) is 41.0 cm³/mol. The minimum absolute atomic E-state index is 1.24. The van der Waals surface area contributed by atoms with Crippen LogP contribution in [0, 0.1) is 0 Å². The minimum Gasteiger partial charge on any atom is -0.0920 e. The summed E-state index contributed by atoms with van der Waals surface area (Å²) in [6.45, 7) is 0. The lowest BCUT2D eigenvalue weighted by atomic mass is 11.3. The Balaban J connectivity index is 0. The molecule has 0 aromatic rings. The molecule has 0 amide bonds. The molecule has 0 nitrogen and oxygen atoms in total. The van der Waals surface area contributed by atoms with E-state index < -0.39 is 0 Å². The van der Waals surface area contributed by atoms with Gasteiger partial charge in [0.1, 0.15) is 0 Å². The molecule has 0 aliphatic carbocycles. The van der Waals surface area contributed by atoms with Gasteiger partial charge in [0.2, 0.25) is 0 Å². The Labute approximate surface area is 63.1 Å². The van der Waals surface area contributed by atoms with Gasteiger partial charge in [0.25, 0.3) is 0 Å². The zero-order chi connectivity index (χ0) is 6.12. The van der Waals surface area contributed by atoms with Crippen LogP contribution in [0.4, 0.5) is 0 Å². The van der Waals surface area contributed by atoms with Crippen molar-refractivity contribution in [2.24, 2.45) is 0 Å². The molecule has 40 valence electrons. The van der Waals surface area contributed by atoms with E-state index in [2.05, 4.69) is 24.4 Å². The molecule has 0 saturated heterocycles. The standard InChI is InChI=1S/C2H2Cl2.CS2/c3-1-2-4;2-1-3/h1-2H;/b2-1+;. The molecule has 0 aromatic carbocycles. The molecule has 0 radical (unpaired) electrons. The van der Waals surface area contributed by atoms with Crippen LogP contribution in [0.25, 0.3) is 0 Å². The minimum atomic E-state index is 1.24. The summed E-state index contributed by atoms with van der Waals surface area (Å²) in [5.41, 5.74) is 2.48. The summed E-state index contributed by atoms with van der Waals surface area (Å²) in [5, 5.41) is 0. The number of thiocarbonyl (C=S) groups is 2. The second-order valence-corrected chi connectivity index (χ2v) is 1.51. The SMILES string of the molecule is Cl/C=C/Cl.S=C=S. The van der Waals surface area contributed by atoms with Crippen LogP contribution in [0.5, 0.6) is 0 Å². The molecule has 0 unspecified atom stereocenters. The number of halogens is 2. The van der Waals surface area contributed by atoms with E-state index in [-0.39, 0.29) is 0 Å². The average Bonchev–Trinajstić information content (AvgIpc) is 1.69. The fourth-order valence-corrected chi connectivity index (χ4v) is 0. The van der Waals surface area contributed by atoms with Crippen molar-refractivity contribution in [3.8, 4) is 0 Å². The van der Waals surface area contributed by atoms with Gasteiger partial charge in [0, 0.05) is 15.4 Å². The van der Waals surface area contributed by atoms with Crippen molar-refractivity contribution in [3.63, 3.8) is 0 Å². The van der Waals surface area contributed by atoms with Crippen molar-refractivity contribution in [2.45, 2.75) is 0 Å².